The van der Waals surface area contributed by atoms with Crippen LogP contribution in [-0.4, -0.2) is 44.7 Å². The van der Waals surface area contributed by atoms with Crippen molar-refractivity contribution < 1.29 is 8.42 Å². The number of hydrogen-bond donors (Lipinski definition) is 1. The molecule has 0 atom stereocenters. The zero-order valence-corrected chi connectivity index (χ0v) is 11.9. The Balaban J connectivity index is 2.39. The molecule has 0 spiro atoms. The average molecular weight is 262 g/mol. The van der Waals surface area contributed by atoms with Gasteiger partial charge in [-0.2, -0.15) is 0 Å². The van der Waals surface area contributed by atoms with Crippen LogP contribution in [0.4, 0.5) is 0 Å². The summed E-state index contributed by atoms with van der Waals surface area (Å²) in [5, 5.41) is 3.14. The summed E-state index contributed by atoms with van der Waals surface area (Å²) in [4.78, 5) is 0. The van der Waals surface area contributed by atoms with Crippen LogP contribution in [0.3, 0.4) is 0 Å². The fraction of sp³-hybridized carbons (Fsp3) is 1.00. The molecule has 0 unspecified atom stereocenters. The quantitative estimate of drug-likeness (QED) is 0.709. The molecule has 102 valence electrons. The first kappa shape index (κ1) is 14.9. The lowest BCUT2D eigenvalue weighted by atomic mass is 9.96. The van der Waals surface area contributed by atoms with E-state index in [-0.39, 0.29) is 11.8 Å². The van der Waals surface area contributed by atoms with Crippen molar-refractivity contribution in [2.45, 2.75) is 51.5 Å². The fourth-order valence-corrected chi connectivity index (χ4v) is 3.67. The molecule has 1 fully saturated rings. The summed E-state index contributed by atoms with van der Waals surface area (Å²) in [6, 6.07) is 0.236. The van der Waals surface area contributed by atoms with E-state index in [0.29, 0.717) is 6.54 Å². The molecule has 4 nitrogen and oxygen atoms in total. The Morgan fingerprint density at radius 3 is 2.41 bits per heavy atom. The lowest BCUT2D eigenvalue weighted by molar-refractivity contribution is 0.286. The van der Waals surface area contributed by atoms with E-state index < -0.39 is 10.0 Å². The molecule has 1 saturated carbocycles. The molecule has 0 aromatic carbocycles. The van der Waals surface area contributed by atoms with Gasteiger partial charge >= 0.3 is 0 Å². The molecule has 0 heterocycles. The van der Waals surface area contributed by atoms with Crippen LogP contribution >= 0.6 is 0 Å². The van der Waals surface area contributed by atoms with Crippen LogP contribution in [0.15, 0.2) is 0 Å². The van der Waals surface area contributed by atoms with Crippen molar-refractivity contribution in [2.75, 3.05) is 25.9 Å². The molecular formula is C12H26N2O2S. The minimum absolute atomic E-state index is 0.222. The summed E-state index contributed by atoms with van der Waals surface area (Å²) in [5.74, 6) is 0.222. The number of rotatable bonds is 7. The largest absolute Gasteiger partial charge is 0.316 e. The van der Waals surface area contributed by atoms with E-state index in [1.807, 2.05) is 0 Å². The Labute approximate surface area is 106 Å². The molecular weight excluding hydrogens is 236 g/mol. The second kappa shape index (κ2) is 7.34. The average Bonchev–Trinajstić information content (AvgIpc) is 2.35. The second-order valence-electron chi connectivity index (χ2n) is 4.87. The van der Waals surface area contributed by atoms with Gasteiger partial charge in [0.05, 0.1) is 5.75 Å². The van der Waals surface area contributed by atoms with Gasteiger partial charge in [0.2, 0.25) is 10.0 Å². The lowest BCUT2D eigenvalue weighted by Gasteiger charge is -2.30. The molecule has 17 heavy (non-hydrogen) atoms. The summed E-state index contributed by atoms with van der Waals surface area (Å²) in [5.41, 5.74) is 0. The highest BCUT2D eigenvalue weighted by atomic mass is 32.2. The van der Waals surface area contributed by atoms with Crippen LogP contribution in [0, 0.1) is 0 Å². The Bertz CT molecular complexity index is 298. The maximum absolute atomic E-state index is 12.1. The van der Waals surface area contributed by atoms with Crippen LogP contribution in [0.5, 0.6) is 0 Å². The van der Waals surface area contributed by atoms with E-state index in [0.717, 1.165) is 25.8 Å². The van der Waals surface area contributed by atoms with Crippen molar-refractivity contribution in [3.05, 3.63) is 0 Å². The Morgan fingerprint density at radius 2 is 1.82 bits per heavy atom. The fourth-order valence-electron chi connectivity index (χ4n) is 2.32. The Kier molecular flexibility index (Phi) is 6.44. The van der Waals surface area contributed by atoms with Gasteiger partial charge in [-0.3, -0.25) is 0 Å². The second-order valence-corrected chi connectivity index (χ2v) is 7.02. The topological polar surface area (TPSA) is 49.4 Å². The minimum atomic E-state index is -3.07. The molecule has 1 aliphatic rings. The molecule has 1 aliphatic carbocycles. The van der Waals surface area contributed by atoms with Crippen LogP contribution in [-0.2, 0) is 10.0 Å². The van der Waals surface area contributed by atoms with Crippen molar-refractivity contribution in [1.82, 2.24) is 9.62 Å². The van der Waals surface area contributed by atoms with Crippen LogP contribution in [0.2, 0.25) is 0 Å². The molecule has 0 bridgehead atoms. The molecule has 0 amide bonds. The van der Waals surface area contributed by atoms with Gasteiger partial charge in [-0.05, 0) is 25.8 Å². The number of sulfonamides is 1. The molecule has 0 radical (unpaired) electrons. The molecule has 0 aliphatic heterocycles. The predicted molar refractivity (Wildman–Crippen MR) is 71.6 cm³/mol. The van der Waals surface area contributed by atoms with Gasteiger partial charge in [0.1, 0.15) is 0 Å². The standard InChI is InChI=1S/C12H26N2O2S/c1-3-9-13-10-11-17(15,16)14(2)12-7-5-4-6-8-12/h12-13H,3-11H2,1-2H3. The van der Waals surface area contributed by atoms with Crippen molar-refractivity contribution in [3.63, 3.8) is 0 Å². The van der Waals surface area contributed by atoms with E-state index in [2.05, 4.69) is 12.2 Å². The van der Waals surface area contributed by atoms with Gasteiger partial charge in [-0.15, -0.1) is 0 Å². The first-order valence-electron chi connectivity index (χ1n) is 6.74. The molecule has 1 rings (SSSR count). The van der Waals surface area contributed by atoms with Gasteiger partial charge in [0, 0.05) is 19.6 Å². The van der Waals surface area contributed by atoms with Crippen LogP contribution in [0.25, 0.3) is 0 Å². The summed E-state index contributed by atoms with van der Waals surface area (Å²) < 4.78 is 25.8. The monoisotopic (exact) mass is 262 g/mol. The molecule has 0 aromatic rings. The van der Waals surface area contributed by atoms with Crippen molar-refractivity contribution in [3.8, 4) is 0 Å². The third-order valence-corrected chi connectivity index (χ3v) is 5.39. The smallest absolute Gasteiger partial charge is 0.215 e. The van der Waals surface area contributed by atoms with E-state index in [1.54, 1.807) is 11.4 Å². The van der Waals surface area contributed by atoms with Crippen molar-refractivity contribution in [2.24, 2.45) is 0 Å². The Hall–Kier alpha value is -0.130. The first-order valence-corrected chi connectivity index (χ1v) is 8.35. The summed E-state index contributed by atoms with van der Waals surface area (Å²) in [6.45, 7) is 3.53. The highest BCUT2D eigenvalue weighted by Gasteiger charge is 2.26. The van der Waals surface area contributed by atoms with E-state index in [9.17, 15) is 8.42 Å². The SMILES string of the molecule is CCCNCCS(=O)(=O)N(C)C1CCCCC1. The number of nitrogens with zero attached hydrogens (tertiary/aromatic N) is 1. The first-order chi connectivity index (χ1) is 8.08. The van der Waals surface area contributed by atoms with Gasteiger partial charge < -0.3 is 5.32 Å². The van der Waals surface area contributed by atoms with Gasteiger partial charge in [-0.25, -0.2) is 12.7 Å². The zero-order chi connectivity index (χ0) is 12.7. The van der Waals surface area contributed by atoms with E-state index in [1.165, 1.54) is 19.3 Å². The highest BCUT2D eigenvalue weighted by molar-refractivity contribution is 7.89. The van der Waals surface area contributed by atoms with E-state index >= 15 is 0 Å². The third-order valence-electron chi connectivity index (χ3n) is 3.49. The Morgan fingerprint density at radius 1 is 1.18 bits per heavy atom. The van der Waals surface area contributed by atoms with E-state index in [4.69, 9.17) is 0 Å². The molecule has 5 heteroatoms. The summed E-state index contributed by atoms with van der Waals surface area (Å²) in [6.07, 6.45) is 6.68. The normalized spacial score (nSPS) is 18.8. The maximum atomic E-state index is 12.1. The summed E-state index contributed by atoms with van der Waals surface area (Å²) >= 11 is 0. The molecule has 1 N–H and O–H groups in total. The third kappa shape index (κ3) is 4.94. The van der Waals surface area contributed by atoms with Gasteiger partial charge in [0.15, 0.2) is 0 Å². The van der Waals surface area contributed by atoms with Crippen molar-refractivity contribution in [1.29, 1.82) is 0 Å². The highest BCUT2D eigenvalue weighted by Crippen LogP contribution is 2.23. The van der Waals surface area contributed by atoms with Gasteiger partial charge in [-0.1, -0.05) is 26.2 Å². The van der Waals surface area contributed by atoms with Crippen LogP contribution in [0.1, 0.15) is 45.4 Å². The van der Waals surface area contributed by atoms with Gasteiger partial charge in [0.25, 0.3) is 0 Å². The summed E-state index contributed by atoms with van der Waals surface area (Å²) in [7, 11) is -1.33. The molecule has 0 saturated heterocycles. The maximum Gasteiger partial charge on any atom is 0.215 e. The lowest BCUT2D eigenvalue weighted by Crippen LogP contribution is -2.41. The minimum Gasteiger partial charge on any atom is -0.316 e. The zero-order valence-electron chi connectivity index (χ0n) is 11.1. The number of nitrogens with one attached hydrogen (secondary N) is 1. The van der Waals surface area contributed by atoms with Crippen LogP contribution < -0.4 is 5.32 Å². The molecule has 0 aromatic heterocycles. The predicted octanol–water partition coefficient (Wildman–Crippen LogP) is 1.58. The number of hydrogen-bond acceptors (Lipinski definition) is 3. The van der Waals surface area contributed by atoms with Crippen molar-refractivity contribution >= 4 is 10.0 Å².